The summed E-state index contributed by atoms with van der Waals surface area (Å²) < 4.78 is 26.4. The van der Waals surface area contributed by atoms with Crippen molar-refractivity contribution in [2.75, 3.05) is 12.3 Å². The van der Waals surface area contributed by atoms with Gasteiger partial charge >= 0.3 is 0 Å². The molecule has 0 spiro atoms. The Kier molecular flexibility index (Phi) is 4.50. The summed E-state index contributed by atoms with van der Waals surface area (Å²) in [5, 5.41) is 8.99. The Morgan fingerprint density at radius 1 is 1.41 bits per heavy atom. The van der Waals surface area contributed by atoms with Crippen LogP contribution >= 0.6 is 0 Å². The number of nitrogens with two attached hydrogens (primary N) is 1. The fourth-order valence-corrected chi connectivity index (χ4v) is 2.92. The molecule has 1 aromatic rings. The summed E-state index contributed by atoms with van der Waals surface area (Å²) in [5.41, 5.74) is 6.80. The third-order valence-corrected chi connectivity index (χ3v) is 3.92. The number of aliphatic hydroxyl groups excluding tert-OH is 1. The van der Waals surface area contributed by atoms with E-state index in [4.69, 9.17) is 10.8 Å². The van der Waals surface area contributed by atoms with Gasteiger partial charge in [-0.15, -0.1) is 0 Å². The van der Waals surface area contributed by atoms with Crippen LogP contribution in [0.5, 0.6) is 0 Å². The second-order valence-corrected chi connectivity index (χ2v) is 5.70. The summed E-state index contributed by atoms with van der Waals surface area (Å²) in [5.74, 6) is 0. The largest absolute Gasteiger partial charge is 0.399 e. The Hall–Kier alpha value is -1.11. The van der Waals surface area contributed by atoms with Gasteiger partial charge in [0.2, 0.25) is 10.0 Å². The molecule has 0 aliphatic heterocycles. The van der Waals surface area contributed by atoms with E-state index in [-0.39, 0.29) is 11.5 Å². The van der Waals surface area contributed by atoms with Crippen molar-refractivity contribution in [1.82, 2.24) is 4.72 Å². The normalized spacial score (nSPS) is 13.6. The molecule has 4 N–H and O–H groups in total. The Morgan fingerprint density at radius 3 is 2.53 bits per heavy atom. The fourth-order valence-electron chi connectivity index (χ4n) is 1.47. The number of benzene rings is 1. The van der Waals surface area contributed by atoms with E-state index >= 15 is 0 Å². The smallest absolute Gasteiger partial charge is 0.240 e. The van der Waals surface area contributed by atoms with E-state index in [0.717, 1.165) is 5.56 Å². The van der Waals surface area contributed by atoms with Crippen molar-refractivity contribution in [3.8, 4) is 0 Å². The van der Waals surface area contributed by atoms with E-state index in [0.29, 0.717) is 12.1 Å². The van der Waals surface area contributed by atoms with E-state index in [1.54, 1.807) is 26.0 Å². The van der Waals surface area contributed by atoms with Gasteiger partial charge in [0.25, 0.3) is 0 Å². The van der Waals surface area contributed by atoms with Gasteiger partial charge in [0.1, 0.15) is 0 Å². The molecule has 0 amide bonds. The highest BCUT2D eigenvalue weighted by atomic mass is 32.2. The molecular formula is C11H18N2O3S. The van der Waals surface area contributed by atoms with Crippen molar-refractivity contribution in [3.63, 3.8) is 0 Å². The molecule has 0 aliphatic rings. The van der Waals surface area contributed by atoms with E-state index in [1.807, 2.05) is 0 Å². The molecule has 1 atom stereocenters. The van der Waals surface area contributed by atoms with Crippen LogP contribution in [0.1, 0.15) is 18.9 Å². The monoisotopic (exact) mass is 258 g/mol. The van der Waals surface area contributed by atoms with Crippen LogP contribution in [0.15, 0.2) is 23.1 Å². The van der Waals surface area contributed by atoms with E-state index in [9.17, 15) is 8.42 Å². The number of aliphatic hydroxyl groups is 1. The summed E-state index contributed by atoms with van der Waals surface area (Å²) in [6, 6.07) is 4.17. The molecule has 96 valence electrons. The lowest BCUT2D eigenvalue weighted by atomic mass is 10.2. The van der Waals surface area contributed by atoms with Crippen LogP contribution in [0.4, 0.5) is 5.69 Å². The minimum absolute atomic E-state index is 0.127. The molecule has 0 aromatic heterocycles. The molecule has 1 aromatic carbocycles. The summed E-state index contributed by atoms with van der Waals surface area (Å²) in [4.78, 5) is 0.127. The standard InChI is InChI=1S/C11H18N2O3S/c1-3-10(7-14)13-17(15,16)11-5-8(2)4-9(12)6-11/h4-6,10,13-14H,3,7,12H2,1-2H3/t10-/m1/s1. The lowest BCUT2D eigenvalue weighted by Crippen LogP contribution is -2.36. The first-order valence-electron chi connectivity index (χ1n) is 5.39. The number of sulfonamides is 1. The number of rotatable bonds is 5. The highest BCUT2D eigenvalue weighted by Gasteiger charge is 2.18. The van der Waals surface area contributed by atoms with Crippen molar-refractivity contribution >= 4 is 15.7 Å². The molecule has 0 aliphatic carbocycles. The maximum atomic E-state index is 12.0. The van der Waals surface area contributed by atoms with E-state index in [2.05, 4.69) is 4.72 Å². The Labute approximate surface area is 102 Å². The molecule has 1 rings (SSSR count). The van der Waals surface area contributed by atoms with Crippen LogP contribution < -0.4 is 10.5 Å². The summed E-state index contributed by atoms with van der Waals surface area (Å²) in [7, 11) is -3.62. The summed E-state index contributed by atoms with van der Waals surface area (Å²) in [6.45, 7) is 3.35. The number of nitrogen functional groups attached to an aromatic ring is 1. The number of aryl methyl sites for hydroxylation is 1. The molecular weight excluding hydrogens is 240 g/mol. The zero-order valence-corrected chi connectivity index (χ0v) is 10.8. The second-order valence-electron chi connectivity index (χ2n) is 3.99. The first kappa shape index (κ1) is 14.0. The quantitative estimate of drug-likeness (QED) is 0.675. The molecule has 0 saturated carbocycles. The Morgan fingerprint density at radius 2 is 2.06 bits per heavy atom. The fraction of sp³-hybridized carbons (Fsp3) is 0.455. The van der Waals surface area contributed by atoms with E-state index in [1.165, 1.54) is 6.07 Å². The van der Waals surface area contributed by atoms with Gasteiger partial charge in [-0.3, -0.25) is 0 Å². The number of nitrogens with one attached hydrogen (secondary N) is 1. The van der Waals surface area contributed by atoms with Crippen LogP contribution in [0.3, 0.4) is 0 Å². The molecule has 0 saturated heterocycles. The molecule has 17 heavy (non-hydrogen) atoms. The average molecular weight is 258 g/mol. The topological polar surface area (TPSA) is 92.4 Å². The number of hydrogen-bond acceptors (Lipinski definition) is 4. The third kappa shape index (κ3) is 3.69. The number of hydrogen-bond donors (Lipinski definition) is 3. The summed E-state index contributed by atoms with van der Waals surface area (Å²) in [6.07, 6.45) is 0.525. The van der Waals surface area contributed by atoms with Crippen molar-refractivity contribution in [1.29, 1.82) is 0 Å². The maximum absolute atomic E-state index is 12.0. The average Bonchev–Trinajstić information content (AvgIpc) is 2.24. The molecule has 0 radical (unpaired) electrons. The van der Waals surface area contributed by atoms with Crippen molar-refractivity contribution in [2.45, 2.75) is 31.2 Å². The lowest BCUT2D eigenvalue weighted by molar-refractivity contribution is 0.254. The highest BCUT2D eigenvalue weighted by Crippen LogP contribution is 2.16. The van der Waals surface area contributed by atoms with Crippen LogP contribution in [-0.4, -0.2) is 26.2 Å². The maximum Gasteiger partial charge on any atom is 0.240 e. The second kappa shape index (κ2) is 5.48. The summed E-state index contributed by atoms with van der Waals surface area (Å²) >= 11 is 0. The minimum atomic E-state index is -3.62. The van der Waals surface area contributed by atoms with Crippen molar-refractivity contribution < 1.29 is 13.5 Å². The van der Waals surface area contributed by atoms with Crippen LogP contribution in [0, 0.1) is 6.92 Å². The Bertz CT molecular complexity index is 461. The van der Waals surface area contributed by atoms with Crippen molar-refractivity contribution in [3.05, 3.63) is 23.8 Å². The predicted octanol–water partition coefficient (Wildman–Crippen LogP) is 0.626. The van der Waals surface area contributed by atoms with Gasteiger partial charge in [-0.1, -0.05) is 6.92 Å². The highest BCUT2D eigenvalue weighted by molar-refractivity contribution is 7.89. The van der Waals surface area contributed by atoms with Gasteiger partial charge in [-0.2, -0.15) is 0 Å². The molecule has 0 fully saturated rings. The van der Waals surface area contributed by atoms with Gasteiger partial charge in [0.15, 0.2) is 0 Å². The Balaban J connectivity index is 3.04. The lowest BCUT2D eigenvalue weighted by Gasteiger charge is -2.15. The zero-order chi connectivity index (χ0) is 13.1. The third-order valence-electron chi connectivity index (χ3n) is 2.42. The SMILES string of the molecule is CC[C@H](CO)NS(=O)(=O)c1cc(C)cc(N)c1. The number of anilines is 1. The van der Waals surface area contributed by atoms with Crippen LogP contribution in [0.25, 0.3) is 0 Å². The van der Waals surface area contributed by atoms with Gasteiger partial charge in [-0.25, -0.2) is 13.1 Å². The van der Waals surface area contributed by atoms with Gasteiger partial charge in [0.05, 0.1) is 11.5 Å². The molecule has 0 bridgehead atoms. The van der Waals surface area contributed by atoms with Crippen molar-refractivity contribution in [2.24, 2.45) is 0 Å². The molecule has 0 unspecified atom stereocenters. The van der Waals surface area contributed by atoms with Gasteiger partial charge in [0, 0.05) is 11.7 Å². The van der Waals surface area contributed by atoms with Gasteiger partial charge < -0.3 is 10.8 Å². The molecule has 0 heterocycles. The van der Waals surface area contributed by atoms with Gasteiger partial charge in [-0.05, 0) is 37.1 Å². The van der Waals surface area contributed by atoms with E-state index < -0.39 is 16.1 Å². The zero-order valence-electron chi connectivity index (χ0n) is 9.97. The molecule has 6 heteroatoms. The molecule has 5 nitrogen and oxygen atoms in total. The minimum Gasteiger partial charge on any atom is -0.399 e. The van der Waals surface area contributed by atoms with Crippen LogP contribution in [-0.2, 0) is 10.0 Å². The predicted molar refractivity (Wildman–Crippen MR) is 67.1 cm³/mol. The first-order valence-corrected chi connectivity index (χ1v) is 6.87. The first-order chi connectivity index (χ1) is 7.89. The van der Waals surface area contributed by atoms with Crippen LogP contribution in [0.2, 0.25) is 0 Å².